The SMILES string of the molecule is CCCn1cc(S(=O)(=O)NCc2cccs2)c2cccnc21. The molecule has 3 aromatic heterocycles. The van der Waals surface area contributed by atoms with Crippen LogP contribution in [0.1, 0.15) is 18.2 Å². The minimum Gasteiger partial charge on any atom is -0.331 e. The Kier molecular flexibility index (Phi) is 4.28. The third-order valence-corrected chi connectivity index (χ3v) is 5.67. The molecule has 0 aliphatic heterocycles. The summed E-state index contributed by atoms with van der Waals surface area (Å²) in [5.41, 5.74) is 0.709. The van der Waals surface area contributed by atoms with Crippen LogP contribution in [0, 0.1) is 0 Å². The lowest BCUT2D eigenvalue weighted by Crippen LogP contribution is -2.22. The van der Waals surface area contributed by atoms with Gasteiger partial charge in [-0.3, -0.25) is 0 Å². The van der Waals surface area contributed by atoms with Gasteiger partial charge in [0.2, 0.25) is 10.0 Å². The fourth-order valence-electron chi connectivity index (χ4n) is 2.37. The minimum absolute atomic E-state index is 0.292. The highest BCUT2D eigenvalue weighted by atomic mass is 32.2. The van der Waals surface area contributed by atoms with Gasteiger partial charge in [0.15, 0.2) is 0 Å². The number of rotatable bonds is 6. The van der Waals surface area contributed by atoms with Crippen LogP contribution in [0.3, 0.4) is 0 Å². The van der Waals surface area contributed by atoms with Crippen LogP contribution in [0.5, 0.6) is 0 Å². The molecular weight excluding hydrogens is 318 g/mol. The smallest absolute Gasteiger partial charge is 0.243 e. The zero-order chi connectivity index (χ0) is 15.6. The highest BCUT2D eigenvalue weighted by molar-refractivity contribution is 7.89. The van der Waals surface area contributed by atoms with Gasteiger partial charge in [-0.05, 0) is 30.0 Å². The van der Waals surface area contributed by atoms with E-state index in [1.807, 2.05) is 22.1 Å². The van der Waals surface area contributed by atoms with Gasteiger partial charge in [0.1, 0.15) is 10.5 Å². The van der Waals surface area contributed by atoms with Crippen molar-refractivity contribution in [2.75, 3.05) is 0 Å². The van der Waals surface area contributed by atoms with E-state index in [4.69, 9.17) is 0 Å². The summed E-state index contributed by atoms with van der Waals surface area (Å²) in [6.07, 6.45) is 4.28. The van der Waals surface area contributed by atoms with Gasteiger partial charge in [-0.15, -0.1) is 11.3 Å². The predicted octanol–water partition coefficient (Wildman–Crippen LogP) is 2.99. The van der Waals surface area contributed by atoms with Gasteiger partial charge >= 0.3 is 0 Å². The van der Waals surface area contributed by atoms with E-state index < -0.39 is 10.0 Å². The molecule has 0 aromatic carbocycles. The summed E-state index contributed by atoms with van der Waals surface area (Å²) in [5.74, 6) is 0. The number of hydrogen-bond donors (Lipinski definition) is 1. The number of hydrogen-bond acceptors (Lipinski definition) is 4. The van der Waals surface area contributed by atoms with Gasteiger partial charge in [-0.2, -0.15) is 0 Å². The van der Waals surface area contributed by atoms with Crippen LogP contribution in [-0.2, 0) is 23.1 Å². The van der Waals surface area contributed by atoms with Gasteiger partial charge in [0.25, 0.3) is 0 Å². The Balaban J connectivity index is 1.97. The average molecular weight is 335 g/mol. The summed E-state index contributed by atoms with van der Waals surface area (Å²) < 4.78 is 29.8. The summed E-state index contributed by atoms with van der Waals surface area (Å²) in [4.78, 5) is 5.59. The fourth-order valence-corrected chi connectivity index (χ4v) is 4.32. The Morgan fingerprint density at radius 1 is 1.32 bits per heavy atom. The van der Waals surface area contributed by atoms with Crippen LogP contribution in [0.2, 0.25) is 0 Å². The van der Waals surface area contributed by atoms with Gasteiger partial charge in [0.05, 0.1) is 0 Å². The third-order valence-electron chi connectivity index (χ3n) is 3.37. The molecule has 0 saturated heterocycles. The molecule has 3 rings (SSSR count). The summed E-state index contributed by atoms with van der Waals surface area (Å²) in [6, 6.07) is 7.38. The van der Waals surface area contributed by atoms with E-state index in [9.17, 15) is 8.42 Å². The quantitative estimate of drug-likeness (QED) is 0.753. The van der Waals surface area contributed by atoms with Crippen molar-refractivity contribution in [3.63, 3.8) is 0 Å². The van der Waals surface area contributed by atoms with Crippen molar-refractivity contribution in [1.82, 2.24) is 14.3 Å². The third kappa shape index (κ3) is 2.92. The summed E-state index contributed by atoms with van der Waals surface area (Å²) >= 11 is 1.53. The lowest BCUT2D eigenvalue weighted by Gasteiger charge is -2.04. The maximum absolute atomic E-state index is 12.6. The van der Waals surface area contributed by atoms with Crippen LogP contribution in [0.25, 0.3) is 11.0 Å². The first-order valence-electron chi connectivity index (χ1n) is 7.07. The molecule has 3 aromatic rings. The zero-order valence-corrected chi connectivity index (χ0v) is 13.8. The molecule has 1 N–H and O–H groups in total. The second-order valence-corrected chi connectivity index (χ2v) is 7.73. The Hall–Kier alpha value is -1.70. The molecule has 5 nitrogen and oxygen atoms in total. The van der Waals surface area contributed by atoms with Crippen LogP contribution in [0.4, 0.5) is 0 Å². The number of aromatic nitrogens is 2. The molecule has 0 atom stereocenters. The zero-order valence-electron chi connectivity index (χ0n) is 12.2. The van der Waals surface area contributed by atoms with Crippen molar-refractivity contribution >= 4 is 32.4 Å². The molecule has 116 valence electrons. The largest absolute Gasteiger partial charge is 0.331 e. The molecule has 0 fully saturated rings. The van der Waals surface area contributed by atoms with Gasteiger partial charge in [0, 0.05) is 35.7 Å². The summed E-state index contributed by atoms with van der Waals surface area (Å²) in [7, 11) is -3.56. The monoisotopic (exact) mass is 335 g/mol. The lowest BCUT2D eigenvalue weighted by molar-refractivity contribution is 0.581. The van der Waals surface area contributed by atoms with Gasteiger partial charge in [-0.25, -0.2) is 18.1 Å². The van der Waals surface area contributed by atoms with Gasteiger partial charge in [-0.1, -0.05) is 13.0 Å². The first kappa shape index (κ1) is 15.2. The van der Waals surface area contributed by atoms with E-state index in [1.54, 1.807) is 24.5 Å². The van der Waals surface area contributed by atoms with Gasteiger partial charge < -0.3 is 4.57 Å². The van der Waals surface area contributed by atoms with E-state index in [0.29, 0.717) is 22.5 Å². The van der Waals surface area contributed by atoms with Crippen LogP contribution < -0.4 is 4.72 Å². The molecule has 7 heteroatoms. The number of fused-ring (bicyclic) bond motifs is 1. The van der Waals surface area contributed by atoms with E-state index >= 15 is 0 Å². The van der Waals surface area contributed by atoms with E-state index in [1.165, 1.54) is 11.3 Å². The molecule has 0 unspecified atom stereocenters. The highest BCUT2D eigenvalue weighted by Gasteiger charge is 2.21. The van der Waals surface area contributed by atoms with Crippen LogP contribution in [0.15, 0.2) is 46.9 Å². The first-order valence-corrected chi connectivity index (χ1v) is 9.44. The van der Waals surface area contributed by atoms with E-state index in [2.05, 4.69) is 16.6 Å². The normalized spacial score (nSPS) is 12.0. The topological polar surface area (TPSA) is 64.0 Å². The number of sulfonamides is 1. The molecule has 22 heavy (non-hydrogen) atoms. The Morgan fingerprint density at radius 3 is 2.91 bits per heavy atom. The molecule has 0 aliphatic carbocycles. The second-order valence-electron chi connectivity index (χ2n) is 4.97. The molecule has 0 aliphatic rings. The van der Waals surface area contributed by atoms with Crippen molar-refractivity contribution in [2.24, 2.45) is 0 Å². The fraction of sp³-hybridized carbons (Fsp3) is 0.267. The number of thiophene rings is 1. The standard InChI is InChI=1S/C15H17N3O2S2/c1-2-8-18-11-14(13-6-3-7-16-15(13)18)22(19,20)17-10-12-5-4-9-21-12/h3-7,9,11,17H,2,8,10H2,1H3. The lowest BCUT2D eigenvalue weighted by atomic mass is 10.3. The Morgan fingerprint density at radius 2 is 2.18 bits per heavy atom. The number of aryl methyl sites for hydroxylation is 1. The number of nitrogens with zero attached hydrogens (tertiary/aromatic N) is 2. The van der Waals surface area contributed by atoms with Crippen molar-refractivity contribution in [2.45, 2.75) is 31.3 Å². The van der Waals surface area contributed by atoms with Crippen molar-refractivity contribution in [3.8, 4) is 0 Å². The number of nitrogens with one attached hydrogen (secondary N) is 1. The Bertz CT molecular complexity index is 867. The molecule has 0 amide bonds. The molecule has 0 bridgehead atoms. The molecule has 3 heterocycles. The predicted molar refractivity (Wildman–Crippen MR) is 88.4 cm³/mol. The maximum Gasteiger partial charge on any atom is 0.243 e. The van der Waals surface area contributed by atoms with Crippen LogP contribution >= 0.6 is 11.3 Å². The summed E-state index contributed by atoms with van der Waals surface area (Å²) in [6.45, 7) is 3.10. The first-order chi connectivity index (χ1) is 10.6. The minimum atomic E-state index is -3.56. The number of pyridine rings is 1. The molecular formula is C15H17N3O2S2. The maximum atomic E-state index is 12.6. The van der Waals surface area contributed by atoms with Crippen molar-refractivity contribution < 1.29 is 8.42 Å². The highest BCUT2D eigenvalue weighted by Crippen LogP contribution is 2.24. The van der Waals surface area contributed by atoms with Crippen molar-refractivity contribution in [3.05, 3.63) is 46.9 Å². The van der Waals surface area contributed by atoms with E-state index in [-0.39, 0.29) is 0 Å². The average Bonchev–Trinajstić information content (AvgIpc) is 3.14. The molecule has 0 spiro atoms. The molecule has 0 saturated carbocycles. The van der Waals surface area contributed by atoms with E-state index in [0.717, 1.165) is 17.8 Å². The summed E-state index contributed by atoms with van der Waals surface area (Å²) in [5, 5.41) is 2.59. The second kappa shape index (κ2) is 6.20. The van der Waals surface area contributed by atoms with Crippen molar-refractivity contribution in [1.29, 1.82) is 0 Å². The Labute approximate surface area is 133 Å². The molecule has 0 radical (unpaired) electrons. The van der Waals surface area contributed by atoms with Crippen LogP contribution in [-0.4, -0.2) is 18.0 Å².